The first-order valence-electron chi connectivity index (χ1n) is 9.15. The predicted molar refractivity (Wildman–Crippen MR) is 117 cm³/mol. The lowest BCUT2D eigenvalue weighted by Gasteiger charge is -2.19. The average Bonchev–Trinajstić information content (AvgIpc) is 2.81. The summed E-state index contributed by atoms with van der Waals surface area (Å²) < 4.78 is 1.96. The van der Waals surface area contributed by atoms with E-state index in [1.165, 1.54) is 36.9 Å². The number of halogens is 1. The van der Waals surface area contributed by atoms with E-state index < -0.39 is 0 Å². The van der Waals surface area contributed by atoms with Gasteiger partial charge in [0.2, 0.25) is 0 Å². The van der Waals surface area contributed by atoms with Gasteiger partial charge in [-0.1, -0.05) is 11.6 Å². The molecule has 1 heterocycles. The number of aromatic nitrogens is 2. The monoisotopic (exact) mass is 459 g/mol. The minimum atomic E-state index is 0. The Bertz CT molecular complexity index is 603. The van der Waals surface area contributed by atoms with Crippen LogP contribution in [0, 0.1) is 13.8 Å². The molecule has 1 atom stereocenters. The molecule has 1 aliphatic rings. The number of aryl methyl sites for hydroxylation is 2. The molecule has 0 amide bonds. The van der Waals surface area contributed by atoms with Crippen molar-refractivity contribution < 1.29 is 0 Å². The van der Waals surface area contributed by atoms with E-state index in [4.69, 9.17) is 0 Å². The van der Waals surface area contributed by atoms with E-state index in [0.29, 0.717) is 6.04 Å². The lowest BCUT2D eigenvalue weighted by Crippen LogP contribution is -2.43. The van der Waals surface area contributed by atoms with Crippen LogP contribution in [0.25, 0.3) is 0 Å². The molecular formula is C19H34IN5. The number of nitrogens with one attached hydrogen (secondary N) is 2. The van der Waals surface area contributed by atoms with Crippen LogP contribution in [0.1, 0.15) is 56.0 Å². The van der Waals surface area contributed by atoms with Crippen LogP contribution in [-0.2, 0) is 13.5 Å². The zero-order chi connectivity index (χ0) is 17.5. The molecule has 0 bridgehead atoms. The molecule has 0 radical (unpaired) electrons. The van der Waals surface area contributed by atoms with Crippen molar-refractivity contribution in [3.05, 3.63) is 28.6 Å². The maximum absolute atomic E-state index is 4.50. The first kappa shape index (κ1) is 22.0. The van der Waals surface area contributed by atoms with Gasteiger partial charge in [0.25, 0.3) is 0 Å². The van der Waals surface area contributed by atoms with E-state index >= 15 is 0 Å². The molecule has 0 fully saturated rings. The van der Waals surface area contributed by atoms with Gasteiger partial charge in [-0.05, 0) is 64.9 Å². The second kappa shape index (κ2) is 10.8. The summed E-state index contributed by atoms with van der Waals surface area (Å²) in [5, 5.41) is 11.4. The zero-order valence-electron chi connectivity index (χ0n) is 16.4. The van der Waals surface area contributed by atoms with Gasteiger partial charge < -0.3 is 10.6 Å². The fourth-order valence-corrected chi connectivity index (χ4v) is 3.37. The fraction of sp³-hybridized carbons (Fsp3) is 0.684. The van der Waals surface area contributed by atoms with Crippen LogP contribution in [0.3, 0.4) is 0 Å². The summed E-state index contributed by atoms with van der Waals surface area (Å²) in [4.78, 5) is 4.36. The van der Waals surface area contributed by atoms with Crippen LogP contribution in [-0.4, -0.2) is 35.4 Å². The summed E-state index contributed by atoms with van der Waals surface area (Å²) in [5.74, 6) is 0.887. The van der Waals surface area contributed by atoms with Gasteiger partial charge in [-0.15, -0.1) is 24.0 Å². The molecule has 0 spiro atoms. The Labute approximate surface area is 169 Å². The van der Waals surface area contributed by atoms with Gasteiger partial charge in [0, 0.05) is 32.4 Å². The lowest BCUT2D eigenvalue weighted by molar-refractivity contribution is 0.628. The highest BCUT2D eigenvalue weighted by molar-refractivity contribution is 14.0. The third-order valence-corrected chi connectivity index (χ3v) is 4.90. The first-order chi connectivity index (χ1) is 11.5. The topological polar surface area (TPSA) is 54.2 Å². The maximum Gasteiger partial charge on any atom is 0.191 e. The SMILES string of the molecule is CN=C(NCCC1=CCCCC1)NC(C)Cc1c(C)nn(C)c1C.I. The molecule has 1 unspecified atom stereocenters. The van der Waals surface area contributed by atoms with Gasteiger partial charge in [0.15, 0.2) is 5.96 Å². The molecule has 0 aromatic carbocycles. The van der Waals surface area contributed by atoms with Crippen molar-refractivity contribution in [2.75, 3.05) is 13.6 Å². The van der Waals surface area contributed by atoms with Crippen LogP contribution < -0.4 is 10.6 Å². The summed E-state index contributed by atoms with van der Waals surface area (Å²) in [6.07, 6.45) is 9.71. The van der Waals surface area contributed by atoms with E-state index in [9.17, 15) is 0 Å². The van der Waals surface area contributed by atoms with E-state index in [2.05, 4.69) is 47.6 Å². The van der Waals surface area contributed by atoms with Crippen molar-refractivity contribution in [1.82, 2.24) is 20.4 Å². The molecule has 2 N–H and O–H groups in total. The van der Waals surface area contributed by atoms with Crippen molar-refractivity contribution in [3.63, 3.8) is 0 Å². The minimum absolute atomic E-state index is 0. The molecule has 2 rings (SSSR count). The highest BCUT2D eigenvalue weighted by atomic mass is 127. The van der Waals surface area contributed by atoms with Gasteiger partial charge >= 0.3 is 0 Å². The molecule has 142 valence electrons. The third-order valence-electron chi connectivity index (χ3n) is 4.90. The molecule has 25 heavy (non-hydrogen) atoms. The third kappa shape index (κ3) is 6.64. The van der Waals surface area contributed by atoms with Crippen LogP contribution in [0.5, 0.6) is 0 Å². The van der Waals surface area contributed by atoms with Gasteiger partial charge in [-0.2, -0.15) is 5.10 Å². The largest absolute Gasteiger partial charge is 0.356 e. The molecule has 5 nitrogen and oxygen atoms in total. The van der Waals surface area contributed by atoms with Crippen LogP contribution >= 0.6 is 24.0 Å². The van der Waals surface area contributed by atoms with Gasteiger partial charge in [0.1, 0.15) is 0 Å². The molecule has 1 aliphatic carbocycles. The van der Waals surface area contributed by atoms with Crippen molar-refractivity contribution in [3.8, 4) is 0 Å². The van der Waals surface area contributed by atoms with Gasteiger partial charge in [-0.3, -0.25) is 9.67 Å². The Morgan fingerprint density at radius 2 is 2.12 bits per heavy atom. The molecule has 0 saturated heterocycles. The summed E-state index contributed by atoms with van der Waals surface area (Å²) in [6.45, 7) is 7.36. The molecule has 0 saturated carbocycles. The van der Waals surface area contributed by atoms with E-state index in [1.807, 2.05) is 18.8 Å². The lowest BCUT2D eigenvalue weighted by atomic mass is 9.97. The number of hydrogen-bond donors (Lipinski definition) is 2. The smallest absolute Gasteiger partial charge is 0.191 e. The van der Waals surface area contributed by atoms with E-state index in [0.717, 1.165) is 31.0 Å². The van der Waals surface area contributed by atoms with Gasteiger partial charge in [-0.25, -0.2) is 0 Å². The van der Waals surface area contributed by atoms with Crippen molar-refractivity contribution >= 4 is 29.9 Å². The first-order valence-corrected chi connectivity index (χ1v) is 9.15. The summed E-state index contributed by atoms with van der Waals surface area (Å²) >= 11 is 0. The second-order valence-corrected chi connectivity index (χ2v) is 6.88. The normalized spacial score (nSPS) is 16.0. The maximum atomic E-state index is 4.50. The van der Waals surface area contributed by atoms with E-state index in [1.54, 1.807) is 5.57 Å². The molecule has 6 heteroatoms. The Morgan fingerprint density at radius 1 is 1.36 bits per heavy atom. The molecular weight excluding hydrogens is 425 g/mol. The zero-order valence-corrected chi connectivity index (χ0v) is 18.7. The predicted octanol–water partition coefficient (Wildman–Crippen LogP) is 3.64. The Kier molecular flexibility index (Phi) is 9.53. The number of guanidine groups is 1. The number of hydrogen-bond acceptors (Lipinski definition) is 2. The Hall–Kier alpha value is -1.05. The molecule has 0 aliphatic heterocycles. The van der Waals surface area contributed by atoms with Crippen LogP contribution in [0.2, 0.25) is 0 Å². The van der Waals surface area contributed by atoms with Crippen LogP contribution in [0.15, 0.2) is 16.6 Å². The Morgan fingerprint density at radius 3 is 2.68 bits per heavy atom. The summed E-state index contributed by atoms with van der Waals surface area (Å²) in [7, 11) is 3.84. The fourth-order valence-electron chi connectivity index (χ4n) is 3.37. The molecule has 1 aromatic rings. The summed E-state index contributed by atoms with van der Waals surface area (Å²) in [6, 6.07) is 0.312. The average molecular weight is 459 g/mol. The standard InChI is InChI=1S/C19H33N5.HI/c1-14(13-18-15(2)23-24(5)16(18)3)22-19(20-4)21-12-11-17-9-7-6-8-10-17;/h9,14H,6-8,10-13H2,1-5H3,(H2,20,21,22);1H. The minimum Gasteiger partial charge on any atom is -0.356 e. The van der Waals surface area contributed by atoms with Crippen LogP contribution in [0.4, 0.5) is 0 Å². The molecule has 1 aromatic heterocycles. The number of aliphatic imine (C=N–C) groups is 1. The van der Waals surface area contributed by atoms with Crippen molar-refractivity contribution in [1.29, 1.82) is 0 Å². The number of nitrogens with zero attached hydrogens (tertiary/aromatic N) is 3. The van der Waals surface area contributed by atoms with E-state index in [-0.39, 0.29) is 24.0 Å². The number of allylic oxidation sites excluding steroid dienone is 1. The van der Waals surface area contributed by atoms with Crippen molar-refractivity contribution in [2.24, 2.45) is 12.0 Å². The second-order valence-electron chi connectivity index (χ2n) is 6.88. The highest BCUT2D eigenvalue weighted by Crippen LogP contribution is 2.19. The summed E-state index contributed by atoms with van der Waals surface area (Å²) in [5.41, 5.74) is 5.29. The van der Waals surface area contributed by atoms with Gasteiger partial charge in [0.05, 0.1) is 5.69 Å². The van der Waals surface area contributed by atoms with Crippen molar-refractivity contribution in [2.45, 2.75) is 65.3 Å². The quantitative estimate of drug-likeness (QED) is 0.296. The highest BCUT2D eigenvalue weighted by Gasteiger charge is 2.14. The number of rotatable bonds is 6. The Balaban J connectivity index is 0.00000312.